The van der Waals surface area contributed by atoms with Crippen LogP contribution in [0.2, 0.25) is 0 Å². The first-order chi connectivity index (χ1) is 8.45. The minimum absolute atomic E-state index is 0.0620. The van der Waals surface area contributed by atoms with Crippen LogP contribution in [-0.4, -0.2) is 37.2 Å². The fourth-order valence-electron chi connectivity index (χ4n) is 1.24. The van der Waals surface area contributed by atoms with Crippen LogP contribution in [0, 0.1) is 11.6 Å². The number of carbonyl (C=O) groups is 2. The number of halogens is 2. The molecule has 0 aliphatic heterocycles. The maximum absolute atomic E-state index is 13.4. The molecule has 0 aliphatic carbocycles. The lowest BCUT2D eigenvalue weighted by Gasteiger charge is -2.06. The predicted molar refractivity (Wildman–Crippen MR) is 55.7 cm³/mol. The zero-order valence-corrected chi connectivity index (χ0v) is 9.41. The minimum atomic E-state index is -1.28. The van der Waals surface area contributed by atoms with Crippen molar-refractivity contribution in [2.24, 2.45) is 0 Å². The first-order valence-electron chi connectivity index (χ1n) is 4.81. The Balaban J connectivity index is 2.82. The quantitative estimate of drug-likeness (QED) is 0.779. The van der Waals surface area contributed by atoms with Crippen LogP contribution in [0.4, 0.5) is 8.78 Å². The zero-order valence-electron chi connectivity index (χ0n) is 9.41. The van der Waals surface area contributed by atoms with Crippen LogP contribution < -0.4 is 4.74 Å². The molecular weight excluding hydrogens is 250 g/mol. The number of carboxylic acid groups (broad SMARTS) is 1. The van der Waals surface area contributed by atoms with Crippen molar-refractivity contribution in [3.8, 4) is 5.75 Å². The topological polar surface area (TPSA) is 72.8 Å². The summed E-state index contributed by atoms with van der Waals surface area (Å²) in [6.45, 7) is -1.43. The molecule has 5 nitrogen and oxygen atoms in total. The molecule has 18 heavy (non-hydrogen) atoms. The standard InChI is InChI=1S/C11H10F2O5/c1-17-6-2-7(12)11(8(13)3-6)9(14)4-18-5-10(15)16/h2-3H,4-5H2,1H3,(H,15,16). The molecule has 0 spiro atoms. The second-order valence-corrected chi connectivity index (χ2v) is 3.28. The van der Waals surface area contributed by atoms with E-state index in [9.17, 15) is 18.4 Å². The average Bonchev–Trinajstić information content (AvgIpc) is 2.27. The number of ketones is 1. The number of Topliss-reactive ketones (excluding diaryl/α,β-unsaturated/α-hetero) is 1. The van der Waals surface area contributed by atoms with Crippen LogP contribution >= 0.6 is 0 Å². The van der Waals surface area contributed by atoms with Gasteiger partial charge in [0.25, 0.3) is 0 Å². The number of carbonyl (C=O) groups excluding carboxylic acids is 1. The van der Waals surface area contributed by atoms with Gasteiger partial charge in [0.1, 0.15) is 30.6 Å². The molecule has 7 heteroatoms. The molecule has 0 radical (unpaired) electrons. The van der Waals surface area contributed by atoms with Crippen LogP contribution in [0.25, 0.3) is 0 Å². The van der Waals surface area contributed by atoms with Crippen LogP contribution in [0.1, 0.15) is 10.4 Å². The summed E-state index contributed by atoms with van der Waals surface area (Å²) in [5.41, 5.74) is -0.777. The summed E-state index contributed by atoms with van der Waals surface area (Å²) in [4.78, 5) is 21.6. The van der Waals surface area contributed by atoms with E-state index in [4.69, 9.17) is 5.11 Å². The van der Waals surface area contributed by atoms with Crippen LogP contribution in [0.5, 0.6) is 5.75 Å². The molecule has 0 atom stereocenters. The van der Waals surface area contributed by atoms with Crippen LogP contribution in [0.15, 0.2) is 12.1 Å². The van der Waals surface area contributed by atoms with Gasteiger partial charge in [0.2, 0.25) is 0 Å². The van der Waals surface area contributed by atoms with Gasteiger partial charge in [-0.25, -0.2) is 13.6 Å². The largest absolute Gasteiger partial charge is 0.497 e. The number of ether oxygens (including phenoxy) is 2. The summed E-state index contributed by atoms with van der Waals surface area (Å²) in [7, 11) is 1.23. The van der Waals surface area contributed by atoms with E-state index in [2.05, 4.69) is 9.47 Å². The smallest absolute Gasteiger partial charge is 0.329 e. The van der Waals surface area contributed by atoms with Crippen LogP contribution in [0.3, 0.4) is 0 Å². The molecule has 98 valence electrons. The Bertz CT molecular complexity index is 449. The highest BCUT2D eigenvalue weighted by atomic mass is 19.1. The normalized spacial score (nSPS) is 10.2. The summed E-state index contributed by atoms with van der Waals surface area (Å²) in [5, 5.41) is 8.27. The monoisotopic (exact) mass is 260 g/mol. The van der Waals surface area contributed by atoms with Crippen molar-refractivity contribution in [3.63, 3.8) is 0 Å². The molecule has 0 fully saturated rings. The van der Waals surface area contributed by atoms with Gasteiger partial charge in [0, 0.05) is 12.1 Å². The molecular formula is C11H10F2O5. The zero-order chi connectivity index (χ0) is 13.7. The maximum Gasteiger partial charge on any atom is 0.329 e. The Morgan fingerprint density at radius 2 is 1.78 bits per heavy atom. The number of hydrogen-bond donors (Lipinski definition) is 1. The van der Waals surface area contributed by atoms with Gasteiger partial charge in [-0.05, 0) is 0 Å². The lowest BCUT2D eigenvalue weighted by atomic mass is 10.1. The molecule has 1 aromatic rings. The Hall–Kier alpha value is -2.02. The molecule has 0 aliphatic rings. The van der Waals surface area contributed by atoms with Crippen molar-refractivity contribution in [2.75, 3.05) is 20.3 Å². The van der Waals surface area contributed by atoms with Gasteiger partial charge in [-0.3, -0.25) is 4.79 Å². The van der Waals surface area contributed by atoms with E-state index in [1.807, 2.05) is 0 Å². The summed E-state index contributed by atoms with van der Waals surface area (Å²) < 4.78 is 35.9. The molecule has 0 aromatic heterocycles. The first kappa shape index (κ1) is 14.0. The second-order valence-electron chi connectivity index (χ2n) is 3.28. The van der Waals surface area contributed by atoms with Crippen molar-refractivity contribution >= 4 is 11.8 Å². The van der Waals surface area contributed by atoms with E-state index in [0.717, 1.165) is 12.1 Å². The van der Waals surface area contributed by atoms with Gasteiger partial charge >= 0.3 is 5.97 Å². The van der Waals surface area contributed by atoms with Gasteiger partial charge < -0.3 is 14.6 Å². The average molecular weight is 260 g/mol. The number of methoxy groups -OCH3 is 1. The molecule has 0 heterocycles. The summed E-state index contributed by atoms with van der Waals surface area (Å²) >= 11 is 0. The van der Waals surface area contributed by atoms with Crippen molar-refractivity contribution in [3.05, 3.63) is 29.3 Å². The van der Waals surface area contributed by atoms with Crippen LogP contribution in [-0.2, 0) is 9.53 Å². The van der Waals surface area contributed by atoms with Gasteiger partial charge in [0.15, 0.2) is 5.78 Å². The van der Waals surface area contributed by atoms with E-state index in [1.54, 1.807) is 0 Å². The molecule has 0 bridgehead atoms. The number of carboxylic acids is 1. The third-order valence-electron chi connectivity index (χ3n) is 1.99. The van der Waals surface area contributed by atoms with E-state index < -0.39 is 42.2 Å². The van der Waals surface area contributed by atoms with Crippen molar-refractivity contribution in [2.45, 2.75) is 0 Å². The van der Waals surface area contributed by atoms with Crippen molar-refractivity contribution in [1.82, 2.24) is 0 Å². The molecule has 0 saturated heterocycles. The SMILES string of the molecule is COc1cc(F)c(C(=O)COCC(=O)O)c(F)c1. The third kappa shape index (κ3) is 3.49. The predicted octanol–water partition coefficient (Wildman–Crippen LogP) is 1.26. The summed E-state index contributed by atoms with van der Waals surface area (Å²) in [5.74, 6) is -4.49. The number of aliphatic carboxylic acids is 1. The first-order valence-corrected chi connectivity index (χ1v) is 4.81. The van der Waals surface area contributed by atoms with E-state index in [1.165, 1.54) is 7.11 Å². The molecule has 0 saturated carbocycles. The van der Waals surface area contributed by atoms with Gasteiger partial charge in [-0.1, -0.05) is 0 Å². The summed E-state index contributed by atoms with van der Waals surface area (Å²) in [6.07, 6.45) is 0. The number of benzene rings is 1. The Morgan fingerprint density at radius 1 is 1.22 bits per heavy atom. The number of rotatable bonds is 6. The Kier molecular flexibility index (Phi) is 4.73. The van der Waals surface area contributed by atoms with Crippen molar-refractivity contribution in [1.29, 1.82) is 0 Å². The van der Waals surface area contributed by atoms with Gasteiger partial charge in [0.05, 0.1) is 12.7 Å². The fraction of sp³-hybridized carbons (Fsp3) is 0.273. The van der Waals surface area contributed by atoms with Gasteiger partial charge in [-0.15, -0.1) is 0 Å². The lowest BCUT2D eigenvalue weighted by Crippen LogP contribution is -2.16. The highest BCUT2D eigenvalue weighted by Crippen LogP contribution is 2.20. The molecule has 1 N–H and O–H groups in total. The van der Waals surface area contributed by atoms with Crippen molar-refractivity contribution < 1.29 is 33.0 Å². The Morgan fingerprint density at radius 3 is 2.22 bits per heavy atom. The fourth-order valence-corrected chi connectivity index (χ4v) is 1.24. The molecule has 1 rings (SSSR count). The van der Waals surface area contributed by atoms with E-state index >= 15 is 0 Å². The molecule has 0 unspecified atom stereocenters. The second kappa shape index (κ2) is 6.06. The number of hydrogen-bond acceptors (Lipinski definition) is 4. The lowest BCUT2D eigenvalue weighted by molar-refractivity contribution is -0.141. The van der Waals surface area contributed by atoms with Gasteiger partial charge in [-0.2, -0.15) is 0 Å². The maximum atomic E-state index is 13.4. The summed E-state index contributed by atoms with van der Waals surface area (Å²) in [6, 6.07) is 1.71. The van der Waals surface area contributed by atoms with E-state index in [-0.39, 0.29) is 5.75 Å². The highest BCUT2D eigenvalue weighted by molar-refractivity contribution is 5.97. The van der Waals surface area contributed by atoms with E-state index in [0.29, 0.717) is 0 Å². The highest BCUT2D eigenvalue weighted by Gasteiger charge is 2.19. The minimum Gasteiger partial charge on any atom is -0.497 e. The molecule has 1 aromatic carbocycles. The third-order valence-corrected chi connectivity index (χ3v) is 1.99. The Labute approximate surface area is 101 Å². The molecule has 0 amide bonds.